The van der Waals surface area contributed by atoms with Crippen LogP contribution in [0.25, 0.3) is 0 Å². The first-order valence-corrected chi connectivity index (χ1v) is 6.08. The molecule has 0 aromatic heterocycles. The summed E-state index contributed by atoms with van der Waals surface area (Å²) in [5.74, 6) is 0.896. The van der Waals surface area contributed by atoms with Gasteiger partial charge in [0.25, 0.3) is 0 Å². The first-order chi connectivity index (χ1) is 8.29. The number of carbonyl (C=O) groups is 1. The zero-order valence-corrected chi connectivity index (χ0v) is 10.1. The summed E-state index contributed by atoms with van der Waals surface area (Å²) in [5.41, 5.74) is 0.724. The summed E-state index contributed by atoms with van der Waals surface area (Å²) in [6, 6.07) is 7.31. The normalized spacial score (nSPS) is 19.2. The van der Waals surface area contributed by atoms with Crippen LogP contribution in [0, 0.1) is 0 Å². The van der Waals surface area contributed by atoms with E-state index >= 15 is 0 Å². The first-order valence-electron chi connectivity index (χ1n) is 6.08. The fourth-order valence-electron chi connectivity index (χ4n) is 2.10. The molecule has 0 bridgehead atoms. The topological polar surface area (TPSA) is 35.5 Å². The third-order valence-corrected chi connectivity index (χ3v) is 3.11. The highest BCUT2D eigenvalue weighted by atomic mass is 16.5. The molecule has 1 aromatic carbocycles. The zero-order valence-electron chi connectivity index (χ0n) is 10.1. The van der Waals surface area contributed by atoms with Crippen LogP contribution in [0.1, 0.15) is 36.0 Å². The van der Waals surface area contributed by atoms with Crippen molar-refractivity contribution in [2.75, 3.05) is 13.7 Å². The average molecular weight is 234 g/mol. The lowest BCUT2D eigenvalue weighted by Crippen LogP contribution is -2.08. The van der Waals surface area contributed by atoms with Gasteiger partial charge in [0.1, 0.15) is 5.75 Å². The number of benzene rings is 1. The number of ketones is 1. The van der Waals surface area contributed by atoms with Gasteiger partial charge in [-0.1, -0.05) is 12.1 Å². The molecule has 0 aliphatic carbocycles. The second kappa shape index (κ2) is 5.82. The van der Waals surface area contributed by atoms with Crippen molar-refractivity contribution in [3.05, 3.63) is 29.8 Å². The van der Waals surface area contributed by atoms with Crippen molar-refractivity contribution in [1.29, 1.82) is 0 Å². The zero-order chi connectivity index (χ0) is 12.1. The van der Waals surface area contributed by atoms with Crippen molar-refractivity contribution >= 4 is 5.78 Å². The van der Waals surface area contributed by atoms with Gasteiger partial charge in [-0.05, 0) is 31.4 Å². The molecule has 1 saturated heterocycles. The maximum absolute atomic E-state index is 12.0. The van der Waals surface area contributed by atoms with Gasteiger partial charge in [-0.15, -0.1) is 0 Å². The lowest BCUT2D eigenvalue weighted by atomic mass is 10.0. The summed E-state index contributed by atoms with van der Waals surface area (Å²) in [6.07, 6.45) is 3.88. The molecule has 0 saturated carbocycles. The summed E-state index contributed by atoms with van der Waals surface area (Å²) in [4.78, 5) is 12.0. The van der Waals surface area contributed by atoms with Crippen molar-refractivity contribution in [3.63, 3.8) is 0 Å². The Kier molecular flexibility index (Phi) is 4.15. The molecule has 1 aliphatic heterocycles. The Morgan fingerprint density at radius 3 is 3.12 bits per heavy atom. The van der Waals surface area contributed by atoms with E-state index in [1.807, 2.05) is 18.2 Å². The minimum Gasteiger partial charge on any atom is -0.497 e. The summed E-state index contributed by atoms with van der Waals surface area (Å²) in [5, 5.41) is 0. The van der Waals surface area contributed by atoms with Gasteiger partial charge in [0, 0.05) is 18.6 Å². The molecular formula is C14H18O3. The summed E-state index contributed by atoms with van der Waals surface area (Å²) < 4.78 is 10.6. The predicted molar refractivity (Wildman–Crippen MR) is 65.5 cm³/mol. The highest BCUT2D eigenvalue weighted by Crippen LogP contribution is 2.19. The third kappa shape index (κ3) is 3.30. The Bertz CT molecular complexity index is 381. The average Bonchev–Trinajstić information content (AvgIpc) is 2.89. The quantitative estimate of drug-likeness (QED) is 0.735. The molecule has 1 unspecified atom stereocenters. The highest BCUT2D eigenvalue weighted by Gasteiger charge is 2.17. The fraction of sp³-hybridized carbons (Fsp3) is 0.500. The van der Waals surface area contributed by atoms with Gasteiger partial charge in [-0.3, -0.25) is 4.79 Å². The van der Waals surface area contributed by atoms with Gasteiger partial charge in [-0.25, -0.2) is 0 Å². The number of hydrogen-bond acceptors (Lipinski definition) is 3. The lowest BCUT2D eigenvalue weighted by Gasteiger charge is -2.08. The van der Waals surface area contributed by atoms with E-state index in [1.165, 1.54) is 0 Å². The molecule has 2 rings (SSSR count). The molecule has 1 atom stereocenters. The Morgan fingerprint density at radius 2 is 2.41 bits per heavy atom. The molecule has 17 heavy (non-hydrogen) atoms. The van der Waals surface area contributed by atoms with E-state index in [1.54, 1.807) is 13.2 Å². The van der Waals surface area contributed by atoms with Crippen LogP contribution in [0.15, 0.2) is 24.3 Å². The van der Waals surface area contributed by atoms with Crippen molar-refractivity contribution < 1.29 is 14.3 Å². The van der Waals surface area contributed by atoms with E-state index in [0.29, 0.717) is 6.42 Å². The van der Waals surface area contributed by atoms with Gasteiger partial charge in [0.15, 0.2) is 5.78 Å². The molecule has 1 aliphatic rings. The molecule has 0 spiro atoms. The Balaban J connectivity index is 1.89. The third-order valence-electron chi connectivity index (χ3n) is 3.11. The van der Waals surface area contributed by atoms with Crippen LogP contribution >= 0.6 is 0 Å². The molecule has 1 fully saturated rings. The largest absolute Gasteiger partial charge is 0.497 e. The second-order valence-corrected chi connectivity index (χ2v) is 4.33. The van der Waals surface area contributed by atoms with Crippen LogP contribution in [0.5, 0.6) is 5.75 Å². The molecule has 0 amide bonds. The van der Waals surface area contributed by atoms with Crippen molar-refractivity contribution in [3.8, 4) is 5.75 Å². The summed E-state index contributed by atoms with van der Waals surface area (Å²) in [6.45, 7) is 0.845. The van der Waals surface area contributed by atoms with Crippen molar-refractivity contribution in [2.24, 2.45) is 0 Å². The molecule has 92 valence electrons. The molecule has 0 radical (unpaired) electrons. The minimum absolute atomic E-state index is 0.166. The Hall–Kier alpha value is -1.35. The second-order valence-electron chi connectivity index (χ2n) is 4.33. The number of methoxy groups -OCH3 is 1. The Morgan fingerprint density at radius 1 is 1.53 bits per heavy atom. The van der Waals surface area contributed by atoms with Gasteiger partial charge >= 0.3 is 0 Å². The maximum Gasteiger partial charge on any atom is 0.163 e. The van der Waals surface area contributed by atoms with Crippen LogP contribution < -0.4 is 4.74 Å². The van der Waals surface area contributed by atoms with E-state index in [2.05, 4.69) is 0 Å². The summed E-state index contributed by atoms with van der Waals surface area (Å²) >= 11 is 0. The molecule has 3 nitrogen and oxygen atoms in total. The lowest BCUT2D eigenvalue weighted by molar-refractivity contribution is 0.0859. The molecule has 0 N–H and O–H groups in total. The van der Waals surface area contributed by atoms with Gasteiger partial charge in [0.2, 0.25) is 0 Å². The van der Waals surface area contributed by atoms with Crippen molar-refractivity contribution in [1.82, 2.24) is 0 Å². The Labute approximate surface area is 102 Å². The first kappa shape index (κ1) is 12.1. The van der Waals surface area contributed by atoms with E-state index in [-0.39, 0.29) is 11.9 Å². The van der Waals surface area contributed by atoms with Gasteiger partial charge in [-0.2, -0.15) is 0 Å². The van der Waals surface area contributed by atoms with E-state index in [4.69, 9.17) is 9.47 Å². The predicted octanol–water partition coefficient (Wildman–Crippen LogP) is 2.84. The van der Waals surface area contributed by atoms with Crippen LogP contribution in [-0.2, 0) is 4.74 Å². The standard InChI is InChI=1S/C14H18O3/c1-16-13-5-2-4-11(10-13)14(15)8-7-12-6-3-9-17-12/h2,4-5,10,12H,3,6-9H2,1H3. The van der Waals surface area contributed by atoms with E-state index < -0.39 is 0 Å². The summed E-state index contributed by atoms with van der Waals surface area (Å²) in [7, 11) is 1.61. The van der Waals surface area contributed by atoms with Crippen LogP contribution in [0.4, 0.5) is 0 Å². The number of ether oxygens (including phenoxy) is 2. The molecule has 3 heteroatoms. The smallest absolute Gasteiger partial charge is 0.163 e. The van der Waals surface area contributed by atoms with Crippen LogP contribution in [0.3, 0.4) is 0 Å². The monoisotopic (exact) mass is 234 g/mol. The number of Topliss-reactive ketones (excluding diaryl/α,β-unsaturated/α-hetero) is 1. The molecule has 1 heterocycles. The van der Waals surface area contributed by atoms with Gasteiger partial charge in [0.05, 0.1) is 13.2 Å². The van der Waals surface area contributed by atoms with Crippen LogP contribution in [0.2, 0.25) is 0 Å². The van der Waals surface area contributed by atoms with Crippen molar-refractivity contribution in [2.45, 2.75) is 31.8 Å². The molecular weight excluding hydrogens is 216 g/mol. The van der Waals surface area contributed by atoms with E-state index in [9.17, 15) is 4.79 Å². The maximum atomic E-state index is 12.0. The fourth-order valence-corrected chi connectivity index (χ4v) is 2.10. The van der Waals surface area contributed by atoms with Gasteiger partial charge < -0.3 is 9.47 Å². The SMILES string of the molecule is COc1cccc(C(=O)CCC2CCCO2)c1. The van der Waals surface area contributed by atoms with Crippen LogP contribution in [-0.4, -0.2) is 25.6 Å². The molecule has 1 aromatic rings. The van der Waals surface area contributed by atoms with E-state index in [0.717, 1.165) is 37.2 Å². The highest BCUT2D eigenvalue weighted by molar-refractivity contribution is 5.96. The minimum atomic E-state index is 0.166. The number of carbonyl (C=O) groups excluding carboxylic acids is 1. The number of rotatable bonds is 5. The number of hydrogen-bond donors (Lipinski definition) is 0.